The summed E-state index contributed by atoms with van der Waals surface area (Å²) in [5.74, 6) is 2.79. The van der Waals surface area contributed by atoms with Crippen molar-refractivity contribution >= 4 is 7.51 Å². The Kier molecular flexibility index (Phi) is 17.4. The van der Waals surface area contributed by atoms with Crippen molar-refractivity contribution < 1.29 is 47.5 Å². The Morgan fingerprint density at radius 1 is 0.247 bits per heavy atom. The second-order valence-electron chi connectivity index (χ2n) is 18.0. The predicted octanol–water partition coefficient (Wildman–Crippen LogP) is 15.3. The third-order valence-electron chi connectivity index (χ3n) is 12.0. The molecule has 0 bridgehead atoms. The number of rotatable bonds is 26. The number of nitrogens with zero attached hydrogens (tertiary/aromatic N) is 4. The van der Waals surface area contributed by atoms with Gasteiger partial charge in [0.05, 0.1) is 0 Å². The van der Waals surface area contributed by atoms with Crippen LogP contribution >= 0.6 is 7.51 Å². The summed E-state index contributed by atoms with van der Waals surface area (Å²) in [5.41, 5.74) is 0. The smallest absolute Gasteiger partial charge is 0.407 e. The van der Waals surface area contributed by atoms with E-state index in [9.17, 15) is 0 Å². The summed E-state index contributed by atoms with van der Waals surface area (Å²) in [7, 11) is 0.550. The van der Waals surface area contributed by atoms with Crippen LogP contribution in [0.2, 0.25) is 0 Å². The molecular weight excluding hydrogens is 1040 g/mol. The van der Waals surface area contributed by atoms with Crippen LogP contribution in [0.5, 0.6) is 57.5 Å². The lowest BCUT2D eigenvalue weighted by atomic mass is 10.3. The molecule has 0 saturated carbocycles. The largest absolute Gasteiger partial charge is 0.511 e. The zero-order valence-electron chi connectivity index (χ0n) is 44.7. The van der Waals surface area contributed by atoms with Crippen LogP contribution in [0.15, 0.2) is 308 Å². The highest BCUT2D eigenvalue weighted by Crippen LogP contribution is 2.66. The van der Waals surface area contributed by atoms with Gasteiger partial charge < -0.3 is 47.5 Å². The average Bonchev–Trinajstić information content (AvgIpc) is 3.22. The minimum absolute atomic E-state index is 0.249. The molecule has 0 spiro atoms. The SMILES string of the molecule is CN(C)P(=NOc1ccccc1)(N(C)C(Oc1ccccc1)(Oc1ccccc1)Oc1ccccc1)N(C(Oc1ccccc1)(Oc1ccccc1)Oc1ccccc1)C(Oc1ccccc1)(Oc1ccccc1)Oc1ccccc1. The zero-order chi connectivity index (χ0) is 55.6. The topological polar surface area (TPSA) is 114 Å². The zero-order valence-corrected chi connectivity index (χ0v) is 45.6. The van der Waals surface area contributed by atoms with E-state index < -0.39 is 25.8 Å². The van der Waals surface area contributed by atoms with Crippen LogP contribution in [0.1, 0.15) is 0 Å². The van der Waals surface area contributed by atoms with Gasteiger partial charge in [-0.25, -0.2) is 4.67 Å². The summed E-state index contributed by atoms with van der Waals surface area (Å²) in [4.78, 5) is 12.5. The van der Waals surface area contributed by atoms with E-state index >= 15 is 0 Å². The molecule has 15 heteroatoms. The minimum Gasteiger partial charge on any atom is -0.407 e. The molecule has 0 amide bonds. The standard InChI is InChI=1S/C66H59N4O10P/c1-68(2)81(67-80-63-52-32-13-33-53-63,69(3)64(71-54-34-14-4-15-35-54,72-55-36-16-5-17-37-55)73-56-38-18-6-19-39-56)70(65(74-57-40-20-7-21-41-57,75-58-42-22-8-23-43-58)76-59-44-24-9-25-45-59)66(77-60-46-26-10-27-47-60,78-61-48-28-11-29-49-61)79-62-50-30-12-31-51-62/h4-53H,1-3H3. The highest BCUT2D eigenvalue weighted by molar-refractivity contribution is 7.59. The molecule has 1 unspecified atom stereocenters. The lowest BCUT2D eigenvalue weighted by Gasteiger charge is -2.55. The van der Waals surface area contributed by atoms with E-state index in [2.05, 4.69) is 0 Å². The summed E-state index contributed by atoms with van der Waals surface area (Å²) in [6, 6.07) is 90.8. The maximum absolute atomic E-state index is 7.60. The third kappa shape index (κ3) is 13.3. The number of ether oxygens (including phenoxy) is 9. The molecular formula is C66H59N4O10P. The van der Waals surface area contributed by atoms with E-state index in [1.54, 1.807) is 152 Å². The molecule has 10 aromatic rings. The molecule has 10 aromatic carbocycles. The molecule has 81 heavy (non-hydrogen) atoms. The Bertz CT molecular complexity index is 3060. The van der Waals surface area contributed by atoms with Crippen LogP contribution in [0.3, 0.4) is 0 Å². The number of benzene rings is 10. The van der Waals surface area contributed by atoms with Crippen LogP contribution in [-0.2, 0) is 0 Å². The van der Waals surface area contributed by atoms with Gasteiger partial charge in [0, 0.05) is 7.05 Å². The highest BCUT2D eigenvalue weighted by Gasteiger charge is 2.74. The van der Waals surface area contributed by atoms with Crippen LogP contribution in [0, 0.1) is 0 Å². The maximum Gasteiger partial charge on any atom is 0.511 e. The maximum atomic E-state index is 7.60. The van der Waals surface area contributed by atoms with Gasteiger partial charge in [-0.15, -0.1) is 4.67 Å². The molecule has 0 aliphatic carbocycles. The van der Waals surface area contributed by atoms with Gasteiger partial charge in [0.25, 0.3) is 0 Å². The first-order valence-corrected chi connectivity index (χ1v) is 27.6. The number of hydrogen-bond acceptors (Lipinski definition) is 11. The Labute approximate surface area is 472 Å². The molecule has 0 radical (unpaired) electrons. The molecule has 10 rings (SSSR count). The van der Waals surface area contributed by atoms with Crippen molar-refractivity contribution in [2.45, 2.75) is 18.3 Å². The van der Waals surface area contributed by atoms with E-state index in [4.69, 9.17) is 52.4 Å². The lowest BCUT2D eigenvalue weighted by Crippen LogP contribution is -2.76. The molecule has 0 aliphatic heterocycles. The third-order valence-corrected chi connectivity index (χ3v) is 15.5. The first-order chi connectivity index (χ1) is 39.7. The van der Waals surface area contributed by atoms with Crippen molar-refractivity contribution in [1.29, 1.82) is 0 Å². The second kappa shape index (κ2) is 25.8. The van der Waals surface area contributed by atoms with Crippen LogP contribution in [-0.4, -0.2) is 53.4 Å². The van der Waals surface area contributed by atoms with Gasteiger partial charge in [-0.2, -0.15) is 0 Å². The quantitative estimate of drug-likeness (QED) is 0.0291. The van der Waals surface area contributed by atoms with Crippen molar-refractivity contribution in [2.75, 3.05) is 21.1 Å². The van der Waals surface area contributed by atoms with Crippen molar-refractivity contribution in [3.05, 3.63) is 303 Å². The normalized spacial score (nSPS) is 12.3. The van der Waals surface area contributed by atoms with Crippen LogP contribution in [0.4, 0.5) is 0 Å². The van der Waals surface area contributed by atoms with Crippen LogP contribution < -0.4 is 47.5 Å². The molecule has 0 fully saturated rings. The van der Waals surface area contributed by atoms with Crippen molar-refractivity contribution in [1.82, 2.24) is 14.0 Å². The Morgan fingerprint density at radius 3 is 0.605 bits per heavy atom. The van der Waals surface area contributed by atoms with Crippen molar-refractivity contribution in [3.8, 4) is 57.5 Å². The summed E-state index contributed by atoms with van der Waals surface area (Å²) < 4.78 is 72.6. The summed E-state index contributed by atoms with van der Waals surface area (Å²) in [5, 5.41) is 0. The minimum atomic E-state index is -4.75. The molecule has 408 valence electrons. The Balaban J connectivity index is 1.43. The van der Waals surface area contributed by atoms with E-state index in [1.807, 2.05) is 182 Å². The fourth-order valence-electron chi connectivity index (χ4n) is 8.37. The predicted molar refractivity (Wildman–Crippen MR) is 312 cm³/mol. The molecule has 0 aliphatic rings. The second-order valence-corrected chi connectivity index (χ2v) is 21.0. The molecule has 0 saturated heterocycles. The Hall–Kier alpha value is -9.69. The Morgan fingerprint density at radius 2 is 0.420 bits per heavy atom. The van der Waals surface area contributed by atoms with Gasteiger partial charge >= 0.3 is 18.3 Å². The van der Waals surface area contributed by atoms with E-state index in [0.717, 1.165) is 0 Å². The summed E-state index contributed by atoms with van der Waals surface area (Å²) >= 11 is 0. The molecule has 14 nitrogen and oxygen atoms in total. The van der Waals surface area contributed by atoms with Gasteiger partial charge in [0.15, 0.2) is 5.75 Å². The van der Waals surface area contributed by atoms with Crippen LogP contribution in [0.25, 0.3) is 0 Å². The van der Waals surface area contributed by atoms with Gasteiger partial charge in [0.2, 0.25) is 7.51 Å². The first kappa shape index (κ1) is 54.7. The van der Waals surface area contributed by atoms with Crippen molar-refractivity contribution in [2.24, 2.45) is 4.91 Å². The van der Waals surface area contributed by atoms with Crippen molar-refractivity contribution in [3.63, 3.8) is 0 Å². The number of para-hydroxylation sites is 10. The summed E-state index contributed by atoms with van der Waals surface area (Å²) in [6.07, 6.45) is -8.04. The van der Waals surface area contributed by atoms with Gasteiger partial charge in [-0.3, -0.25) is 0 Å². The highest BCUT2D eigenvalue weighted by atomic mass is 31.2. The molecule has 0 N–H and O–H groups in total. The fraction of sp³-hybridized carbons (Fsp3) is 0.0909. The number of hydrogen-bond donors (Lipinski definition) is 0. The molecule has 0 heterocycles. The van der Waals surface area contributed by atoms with Gasteiger partial charge in [0.1, 0.15) is 51.7 Å². The lowest BCUT2D eigenvalue weighted by molar-refractivity contribution is -0.431. The van der Waals surface area contributed by atoms with E-state index in [0.29, 0.717) is 23.0 Å². The molecule has 0 aromatic heterocycles. The summed E-state index contributed by atoms with van der Waals surface area (Å²) in [6.45, 7) is 0. The molecule has 1 atom stereocenters. The monoisotopic (exact) mass is 1100 g/mol. The van der Waals surface area contributed by atoms with E-state index in [-0.39, 0.29) is 34.5 Å². The van der Waals surface area contributed by atoms with Gasteiger partial charge in [-0.05, 0) is 140 Å². The first-order valence-electron chi connectivity index (χ1n) is 26.0. The average molecular weight is 1100 g/mol. The van der Waals surface area contributed by atoms with E-state index in [1.165, 1.54) is 4.67 Å². The fourth-order valence-corrected chi connectivity index (χ4v) is 11.4. The van der Waals surface area contributed by atoms with Gasteiger partial charge in [-0.1, -0.05) is 187 Å².